The molecule has 0 bridgehead atoms. The van der Waals surface area contributed by atoms with E-state index in [4.69, 9.17) is 16.3 Å². The monoisotopic (exact) mass is 254 g/mol. The van der Waals surface area contributed by atoms with Crippen LogP contribution in [0.4, 0.5) is 0 Å². The molecule has 0 fully saturated rings. The molecule has 4 nitrogen and oxygen atoms in total. The molecule has 0 aromatic heterocycles. The minimum absolute atomic E-state index is 0.290. The average molecular weight is 255 g/mol. The Morgan fingerprint density at radius 2 is 2.24 bits per heavy atom. The predicted octanol–water partition coefficient (Wildman–Crippen LogP) is 1.98. The molecule has 0 spiro atoms. The lowest BCUT2D eigenvalue weighted by atomic mass is 9.90. The van der Waals surface area contributed by atoms with E-state index in [-0.39, 0.29) is 6.42 Å². The van der Waals surface area contributed by atoms with E-state index in [9.17, 15) is 9.59 Å². The Bertz CT molecular complexity index is 497. The van der Waals surface area contributed by atoms with Crippen LogP contribution in [0.1, 0.15) is 22.8 Å². The third-order valence-corrected chi connectivity index (χ3v) is 2.99. The number of rotatable bonds is 1. The SMILES string of the molecule is COC(=O)C1(C)Cc2ccc(Cl)cc2C(=O)O1. The number of hydrogen-bond donors (Lipinski definition) is 0. The van der Waals surface area contributed by atoms with E-state index < -0.39 is 17.5 Å². The number of ether oxygens (including phenoxy) is 2. The van der Waals surface area contributed by atoms with E-state index in [1.54, 1.807) is 12.1 Å². The number of hydrogen-bond acceptors (Lipinski definition) is 4. The van der Waals surface area contributed by atoms with Gasteiger partial charge in [0, 0.05) is 11.4 Å². The van der Waals surface area contributed by atoms with Gasteiger partial charge in [-0.05, 0) is 24.6 Å². The third kappa shape index (κ3) is 2.00. The van der Waals surface area contributed by atoms with Crippen molar-refractivity contribution in [2.75, 3.05) is 7.11 Å². The van der Waals surface area contributed by atoms with Gasteiger partial charge >= 0.3 is 11.9 Å². The Morgan fingerprint density at radius 3 is 2.88 bits per heavy atom. The molecule has 1 aromatic carbocycles. The third-order valence-electron chi connectivity index (χ3n) is 2.75. The molecule has 1 heterocycles. The highest BCUT2D eigenvalue weighted by atomic mass is 35.5. The van der Waals surface area contributed by atoms with Crippen molar-refractivity contribution in [2.45, 2.75) is 18.9 Å². The number of methoxy groups -OCH3 is 1. The summed E-state index contributed by atoms with van der Waals surface area (Å²) < 4.78 is 9.77. The summed E-state index contributed by atoms with van der Waals surface area (Å²) in [5, 5.41) is 0.461. The van der Waals surface area contributed by atoms with Crippen LogP contribution in [0.3, 0.4) is 0 Å². The molecule has 0 saturated heterocycles. The summed E-state index contributed by atoms with van der Waals surface area (Å²) >= 11 is 5.80. The molecule has 1 atom stereocenters. The summed E-state index contributed by atoms with van der Waals surface area (Å²) in [6.45, 7) is 1.54. The van der Waals surface area contributed by atoms with Crippen molar-refractivity contribution in [3.8, 4) is 0 Å². The second-order valence-corrected chi connectivity index (χ2v) is 4.53. The molecule has 0 radical (unpaired) electrons. The maximum atomic E-state index is 11.8. The summed E-state index contributed by atoms with van der Waals surface area (Å²) in [4.78, 5) is 23.4. The molecule has 0 aliphatic carbocycles. The molecule has 0 amide bonds. The number of halogens is 1. The molecule has 90 valence electrons. The molecule has 2 rings (SSSR count). The molecule has 1 aliphatic heterocycles. The summed E-state index contributed by atoms with van der Waals surface area (Å²) in [6, 6.07) is 4.94. The Labute approximate surface area is 103 Å². The van der Waals surface area contributed by atoms with Gasteiger partial charge in [0.1, 0.15) is 0 Å². The Kier molecular flexibility index (Phi) is 2.83. The Morgan fingerprint density at radius 1 is 1.53 bits per heavy atom. The minimum Gasteiger partial charge on any atom is -0.466 e. The predicted molar refractivity (Wildman–Crippen MR) is 61.0 cm³/mol. The first kappa shape index (κ1) is 11.9. The molecule has 0 N–H and O–H groups in total. The van der Waals surface area contributed by atoms with Crippen molar-refractivity contribution in [2.24, 2.45) is 0 Å². The average Bonchev–Trinajstić information content (AvgIpc) is 2.29. The first-order valence-electron chi connectivity index (χ1n) is 5.06. The fourth-order valence-electron chi connectivity index (χ4n) is 1.88. The zero-order chi connectivity index (χ0) is 12.6. The number of carbonyl (C=O) groups is 2. The van der Waals surface area contributed by atoms with Gasteiger partial charge < -0.3 is 9.47 Å². The van der Waals surface area contributed by atoms with Crippen molar-refractivity contribution < 1.29 is 19.1 Å². The first-order valence-corrected chi connectivity index (χ1v) is 5.44. The highest BCUT2D eigenvalue weighted by Crippen LogP contribution is 2.30. The van der Waals surface area contributed by atoms with Crippen molar-refractivity contribution >= 4 is 23.5 Å². The van der Waals surface area contributed by atoms with E-state index in [0.29, 0.717) is 10.6 Å². The van der Waals surface area contributed by atoms with Crippen LogP contribution in [0.2, 0.25) is 5.02 Å². The second-order valence-electron chi connectivity index (χ2n) is 4.09. The van der Waals surface area contributed by atoms with E-state index in [2.05, 4.69) is 4.74 Å². The molecule has 5 heteroatoms. The molecule has 0 saturated carbocycles. The van der Waals surface area contributed by atoms with Crippen LogP contribution in [0, 0.1) is 0 Å². The lowest BCUT2D eigenvalue weighted by molar-refractivity contribution is -0.161. The Hall–Kier alpha value is -1.55. The Balaban J connectivity index is 2.43. The van der Waals surface area contributed by atoms with Gasteiger partial charge in [-0.25, -0.2) is 9.59 Å². The van der Waals surface area contributed by atoms with E-state index in [1.807, 2.05) is 0 Å². The van der Waals surface area contributed by atoms with Crippen LogP contribution in [-0.4, -0.2) is 24.6 Å². The van der Waals surface area contributed by atoms with Gasteiger partial charge in [-0.15, -0.1) is 0 Å². The summed E-state index contributed by atoms with van der Waals surface area (Å²) in [6.07, 6.45) is 0.290. The minimum atomic E-state index is -1.26. The van der Waals surface area contributed by atoms with Crippen LogP contribution in [0.25, 0.3) is 0 Å². The molecule has 1 unspecified atom stereocenters. The molecule has 17 heavy (non-hydrogen) atoms. The number of esters is 2. The summed E-state index contributed by atoms with van der Waals surface area (Å²) in [5.74, 6) is -1.12. The molecule has 1 aromatic rings. The quantitative estimate of drug-likeness (QED) is 0.719. The summed E-state index contributed by atoms with van der Waals surface area (Å²) in [7, 11) is 1.26. The lowest BCUT2D eigenvalue weighted by Gasteiger charge is -2.31. The highest BCUT2D eigenvalue weighted by Gasteiger charge is 2.43. The van der Waals surface area contributed by atoms with E-state index in [0.717, 1.165) is 5.56 Å². The number of cyclic esters (lactones) is 1. The van der Waals surface area contributed by atoms with E-state index >= 15 is 0 Å². The smallest absolute Gasteiger partial charge is 0.350 e. The van der Waals surface area contributed by atoms with Crippen molar-refractivity contribution in [3.05, 3.63) is 34.3 Å². The number of fused-ring (bicyclic) bond motifs is 1. The highest BCUT2D eigenvalue weighted by molar-refractivity contribution is 6.31. The van der Waals surface area contributed by atoms with Crippen molar-refractivity contribution in [3.63, 3.8) is 0 Å². The molecular weight excluding hydrogens is 244 g/mol. The van der Waals surface area contributed by atoms with Crippen LogP contribution < -0.4 is 0 Å². The maximum absolute atomic E-state index is 11.8. The topological polar surface area (TPSA) is 52.6 Å². The van der Waals surface area contributed by atoms with Crippen LogP contribution in [0.5, 0.6) is 0 Å². The van der Waals surface area contributed by atoms with Crippen molar-refractivity contribution in [1.29, 1.82) is 0 Å². The second kappa shape index (κ2) is 4.04. The zero-order valence-corrected chi connectivity index (χ0v) is 10.2. The van der Waals surface area contributed by atoms with Gasteiger partial charge in [0.2, 0.25) is 5.60 Å². The van der Waals surface area contributed by atoms with Crippen LogP contribution in [-0.2, 0) is 20.7 Å². The number of benzene rings is 1. The summed E-state index contributed by atoms with van der Waals surface area (Å²) in [5.41, 5.74) is -0.121. The number of carbonyl (C=O) groups excluding carboxylic acids is 2. The van der Waals surface area contributed by atoms with Crippen LogP contribution >= 0.6 is 11.6 Å². The van der Waals surface area contributed by atoms with Gasteiger partial charge in [0.05, 0.1) is 12.7 Å². The van der Waals surface area contributed by atoms with Crippen LogP contribution in [0.15, 0.2) is 18.2 Å². The lowest BCUT2D eigenvalue weighted by Crippen LogP contribution is -2.46. The van der Waals surface area contributed by atoms with Gasteiger partial charge in [-0.1, -0.05) is 17.7 Å². The fraction of sp³-hybridized carbons (Fsp3) is 0.333. The standard InChI is InChI=1S/C12H11ClO4/c1-12(11(15)16-2)6-7-3-4-8(13)5-9(7)10(14)17-12/h3-5H,6H2,1-2H3. The molecular formula is C12H11ClO4. The largest absolute Gasteiger partial charge is 0.466 e. The molecule has 1 aliphatic rings. The van der Waals surface area contributed by atoms with Gasteiger partial charge in [-0.2, -0.15) is 0 Å². The van der Waals surface area contributed by atoms with Crippen molar-refractivity contribution in [1.82, 2.24) is 0 Å². The zero-order valence-electron chi connectivity index (χ0n) is 9.45. The maximum Gasteiger partial charge on any atom is 0.350 e. The van der Waals surface area contributed by atoms with E-state index in [1.165, 1.54) is 20.1 Å². The normalized spacial score (nSPS) is 22.6. The first-order chi connectivity index (χ1) is 7.96. The van der Waals surface area contributed by atoms with Gasteiger partial charge in [0.15, 0.2) is 0 Å². The van der Waals surface area contributed by atoms with Gasteiger partial charge in [-0.3, -0.25) is 0 Å². The fourth-order valence-corrected chi connectivity index (χ4v) is 2.05. The van der Waals surface area contributed by atoms with Gasteiger partial charge in [0.25, 0.3) is 0 Å².